The summed E-state index contributed by atoms with van der Waals surface area (Å²) in [4.78, 5) is 13.7. The molecule has 0 aliphatic carbocycles. The molecule has 7 heteroatoms. The van der Waals surface area contributed by atoms with Crippen LogP contribution in [-0.4, -0.2) is 38.9 Å². The molecule has 1 aliphatic rings. The van der Waals surface area contributed by atoms with Gasteiger partial charge in [-0.25, -0.2) is 17.5 Å². The highest BCUT2D eigenvalue weighted by Crippen LogP contribution is 2.15. The van der Waals surface area contributed by atoms with Crippen LogP contribution in [0.2, 0.25) is 0 Å². The summed E-state index contributed by atoms with van der Waals surface area (Å²) >= 11 is 0. The Morgan fingerprint density at radius 1 is 1.29 bits per heavy atom. The second kappa shape index (κ2) is 6.53. The number of sulfonamides is 1. The third kappa shape index (κ3) is 4.50. The van der Waals surface area contributed by atoms with Gasteiger partial charge in [0.2, 0.25) is 5.91 Å². The molecule has 1 aromatic carbocycles. The number of amides is 1. The number of benzene rings is 1. The smallest absolute Gasteiger partial charge is 0.264 e. The maximum Gasteiger partial charge on any atom is 0.264 e. The minimum Gasteiger partial charge on any atom is -0.294 e. The number of hydrogen-bond acceptors (Lipinski definition) is 4. The van der Waals surface area contributed by atoms with E-state index in [0.717, 1.165) is 50.2 Å². The van der Waals surface area contributed by atoms with Crippen molar-refractivity contribution in [1.82, 2.24) is 9.62 Å². The number of carbonyl (C=O) groups excluding carboxylic acids is 1. The highest BCUT2D eigenvalue weighted by atomic mass is 32.2. The van der Waals surface area contributed by atoms with Crippen LogP contribution in [0.3, 0.4) is 0 Å². The molecule has 0 radical (unpaired) electrons. The summed E-state index contributed by atoms with van der Waals surface area (Å²) in [7, 11) is -3.93. The molecule has 1 aromatic rings. The lowest BCUT2D eigenvalue weighted by Gasteiger charge is -2.29. The van der Waals surface area contributed by atoms with Crippen molar-refractivity contribution in [3.8, 4) is 0 Å². The molecule has 2 rings (SSSR count). The first-order chi connectivity index (χ1) is 9.87. The molecule has 0 bridgehead atoms. The van der Waals surface area contributed by atoms with Crippen molar-refractivity contribution in [1.29, 1.82) is 0 Å². The lowest BCUT2D eigenvalue weighted by Crippen LogP contribution is -2.42. The normalized spacial score (nSPS) is 17.6. The number of nitrogens with zero attached hydrogens (tertiary/aromatic N) is 1. The summed E-state index contributed by atoms with van der Waals surface area (Å²) in [6, 6.07) is 4.36. The summed E-state index contributed by atoms with van der Waals surface area (Å²) in [5, 5.41) is 0. The fourth-order valence-corrected chi connectivity index (χ4v) is 3.25. The van der Waals surface area contributed by atoms with Gasteiger partial charge in [-0.15, -0.1) is 0 Å². The van der Waals surface area contributed by atoms with Crippen LogP contribution in [0.4, 0.5) is 4.39 Å². The van der Waals surface area contributed by atoms with Gasteiger partial charge in [0.15, 0.2) is 0 Å². The number of likely N-dealkylation sites (tertiary alicyclic amines) is 1. The van der Waals surface area contributed by atoms with Crippen molar-refractivity contribution in [2.75, 3.05) is 19.6 Å². The fourth-order valence-electron chi connectivity index (χ4n) is 2.28. The molecule has 5 nitrogen and oxygen atoms in total. The number of halogens is 1. The molecule has 1 aliphatic heterocycles. The topological polar surface area (TPSA) is 66.5 Å². The summed E-state index contributed by atoms with van der Waals surface area (Å²) < 4.78 is 38.8. The summed E-state index contributed by atoms with van der Waals surface area (Å²) in [5.41, 5.74) is 0. The van der Waals surface area contributed by atoms with E-state index in [4.69, 9.17) is 0 Å². The van der Waals surface area contributed by atoms with E-state index < -0.39 is 21.7 Å². The maximum atomic E-state index is 12.8. The van der Waals surface area contributed by atoms with Crippen molar-refractivity contribution < 1.29 is 17.6 Å². The first-order valence-electron chi connectivity index (χ1n) is 6.90. The Kier molecular flexibility index (Phi) is 4.95. The van der Waals surface area contributed by atoms with E-state index in [1.807, 2.05) is 9.62 Å². The molecule has 0 saturated carbocycles. The first-order valence-corrected chi connectivity index (χ1v) is 8.39. The maximum absolute atomic E-state index is 12.8. The molecule has 0 atom stereocenters. The summed E-state index contributed by atoms with van der Waals surface area (Å²) in [6.07, 6.45) is 2.02. The van der Waals surface area contributed by atoms with Crippen molar-refractivity contribution in [3.05, 3.63) is 30.1 Å². The number of carbonyl (C=O) groups is 1. The van der Waals surface area contributed by atoms with E-state index in [0.29, 0.717) is 5.92 Å². The Hall–Kier alpha value is -1.47. The average Bonchev–Trinajstić information content (AvgIpc) is 2.41. The Morgan fingerprint density at radius 2 is 1.86 bits per heavy atom. The quantitative estimate of drug-likeness (QED) is 0.911. The van der Waals surface area contributed by atoms with Crippen LogP contribution < -0.4 is 4.72 Å². The van der Waals surface area contributed by atoms with Gasteiger partial charge < -0.3 is 0 Å². The Morgan fingerprint density at radius 3 is 2.43 bits per heavy atom. The van der Waals surface area contributed by atoms with Crippen LogP contribution in [0.5, 0.6) is 0 Å². The minimum atomic E-state index is -3.93. The van der Waals surface area contributed by atoms with Crippen LogP contribution >= 0.6 is 0 Å². The lowest BCUT2D eigenvalue weighted by molar-refractivity contribution is -0.120. The largest absolute Gasteiger partial charge is 0.294 e. The van der Waals surface area contributed by atoms with Gasteiger partial charge in [0, 0.05) is 0 Å². The molecule has 1 amide bonds. The molecule has 0 aromatic heterocycles. The molecule has 0 unspecified atom stereocenters. The predicted molar refractivity (Wildman–Crippen MR) is 76.6 cm³/mol. The molecule has 1 heterocycles. The molecular weight excluding hydrogens is 295 g/mol. The molecule has 21 heavy (non-hydrogen) atoms. The second-order valence-corrected chi connectivity index (χ2v) is 7.12. The van der Waals surface area contributed by atoms with Crippen LogP contribution in [0.25, 0.3) is 0 Å². The fraction of sp³-hybridized carbons (Fsp3) is 0.500. The van der Waals surface area contributed by atoms with Gasteiger partial charge in [-0.1, -0.05) is 6.92 Å². The second-order valence-electron chi connectivity index (χ2n) is 5.44. The molecule has 1 saturated heterocycles. The Bertz CT molecular complexity index is 593. The Labute approximate surface area is 124 Å². The van der Waals surface area contributed by atoms with Gasteiger partial charge in [-0.05, 0) is 56.1 Å². The van der Waals surface area contributed by atoms with Crippen molar-refractivity contribution in [3.63, 3.8) is 0 Å². The predicted octanol–water partition coefficient (Wildman–Crippen LogP) is 1.36. The first kappa shape index (κ1) is 15.9. The average molecular weight is 314 g/mol. The van der Waals surface area contributed by atoms with E-state index in [2.05, 4.69) is 6.92 Å². The summed E-state index contributed by atoms with van der Waals surface area (Å²) in [6.45, 7) is 3.82. The molecule has 1 fully saturated rings. The van der Waals surface area contributed by atoms with E-state index in [9.17, 15) is 17.6 Å². The number of rotatable bonds is 4. The van der Waals surface area contributed by atoms with Gasteiger partial charge in [0.25, 0.3) is 10.0 Å². The third-order valence-corrected chi connectivity index (χ3v) is 5.00. The zero-order valence-electron chi connectivity index (χ0n) is 11.9. The van der Waals surface area contributed by atoms with Gasteiger partial charge >= 0.3 is 0 Å². The SMILES string of the molecule is CC1CCN(CC(=O)NS(=O)(=O)c2ccc(F)cc2)CC1. The van der Waals surface area contributed by atoms with E-state index in [-0.39, 0.29) is 11.4 Å². The highest BCUT2D eigenvalue weighted by Gasteiger charge is 2.22. The van der Waals surface area contributed by atoms with Gasteiger partial charge in [0.05, 0.1) is 11.4 Å². The van der Waals surface area contributed by atoms with E-state index in [1.165, 1.54) is 0 Å². The van der Waals surface area contributed by atoms with Gasteiger partial charge in [-0.3, -0.25) is 9.69 Å². The monoisotopic (exact) mass is 314 g/mol. The minimum absolute atomic E-state index is 0.0626. The van der Waals surface area contributed by atoms with Crippen molar-refractivity contribution in [2.24, 2.45) is 5.92 Å². The summed E-state index contributed by atoms with van der Waals surface area (Å²) in [5.74, 6) is -0.441. The standard InChI is InChI=1S/C14H19FN2O3S/c1-11-6-8-17(9-7-11)10-14(18)16-21(19,20)13-4-2-12(15)3-5-13/h2-5,11H,6-10H2,1H3,(H,16,18). The highest BCUT2D eigenvalue weighted by molar-refractivity contribution is 7.90. The number of hydrogen-bond donors (Lipinski definition) is 1. The Balaban J connectivity index is 1.93. The lowest BCUT2D eigenvalue weighted by atomic mass is 9.99. The number of nitrogens with one attached hydrogen (secondary N) is 1. The zero-order chi connectivity index (χ0) is 15.5. The molecule has 1 N–H and O–H groups in total. The van der Waals surface area contributed by atoms with Gasteiger partial charge in [-0.2, -0.15) is 0 Å². The van der Waals surface area contributed by atoms with Crippen molar-refractivity contribution in [2.45, 2.75) is 24.7 Å². The molecular formula is C14H19FN2O3S. The van der Waals surface area contributed by atoms with Crippen LogP contribution in [0.15, 0.2) is 29.2 Å². The zero-order valence-corrected chi connectivity index (χ0v) is 12.7. The third-order valence-electron chi connectivity index (χ3n) is 3.62. The number of piperidine rings is 1. The van der Waals surface area contributed by atoms with E-state index >= 15 is 0 Å². The van der Waals surface area contributed by atoms with Crippen LogP contribution in [0.1, 0.15) is 19.8 Å². The van der Waals surface area contributed by atoms with Crippen LogP contribution in [-0.2, 0) is 14.8 Å². The van der Waals surface area contributed by atoms with Crippen molar-refractivity contribution >= 4 is 15.9 Å². The van der Waals surface area contributed by atoms with E-state index in [1.54, 1.807) is 0 Å². The van der Waals surface area contributed by atoms with Gasteiger partial charge in [0.1, 0.15) is 5.82 Å². The molecule has 0 spiro atoms. The molecule has 116 valence electrons. The van der Waals surface area contributed by atoms with Crippen LogP contribution in [0, 0.1) is 11.7 Å².